The zero-order valence-corrected chi connectivity index (χ0v) is 10.6. The van der Waals surface area contributed by atoms with Crippen LogP contribution in [0.5, 0.6) is 0 Å². The predicted octanol–water partition coefficient (Wildman–Crippen LogP) is 2.27. The lowest BCUT2D eigenvalue weighted by Crippen LogP contribution is -2.21. The number of nitrogens with two attached hydrogens (primary N) is 1. The maximum Gasteiger partial charge on any atom is 0.222 e. The van der Waals surface area contributed by atoms with E-state index in [9.17, 15) is 0 Å². The van der Waals surface area contributed by atoms with Gasteiger partial charge < -0.3 is 10.6 Å². The number of benzene rings is 1. The van der Waals surface area contributed by atoms with Crippen LogP contribution < -0.4 is 10.6 Å². The first kappa shape index (κ1) is 11.3. The number of fused-ring (bicyclic) bond motifs is 1. The molecule has 1 aromatic carbocycles. The Bertz CT molecular complexity index is 585. The van der Waals surface area contributed by atoms with Crippen molar-refractivity contribution in [2.75, 3.05) is 17.2 Å². The summed E-state index contributed by atoms with van der Waals surface area (Å²) in [6, 6.07) is 7.94. The maximum absolute atomic E-state index is 6.05. The van der Waals surface area contributed by atoms with Crippen molar-refractivity contribution in [3.63, 3.8) is 0 Å². The molecule has 0 fully saturated rings. The molecule has 1 aromatic heterocycles. The fraction of sp³-hybridized carbons (Fsp3) is 0.231. The average molecular weight is 261 g/mol. The minimum absolute atomic E-state index is 0.285. The Kier molecular flexibility index (Phi) is 2.80. The van der Waals surface area contributed by atoms with Gasteiger partial charge in [0.1, 0.15) is 0 Å². The van der Waals surface area contributed by atoms with Crippen molar-refractivity contribution >= 4 is 23.0 Å². The molecule has 0 amide bonds. The van der Waals surface area contributed by atoms with Crippen molar-refractivity contribution in [3.8, 4) is 0 Å². The zero-order chi connectivity index (χ0) is 12.5. The topological polar surface area (TPSA) is 55.0 Å². The number of hydrogen-bond donors (Lipinski definition) is 1. The highest BCUT2D eigenvalue weighted by Crippen LogP contribution is 2.34. The van der Waals surface area contributed by atoms with Crippen LogP contribution >= 0.6 is 11.6 Å². The van der Waals surface area contributed by atoms with Crippen molar-refractivity contribution in [2.24, 2.45) is 0 Å². The van der Waals surface area contributed by atoms with Gasteiger partial charge in [-0.1, -0.05) is 12.1 Å². The van der Waals surface area contributed by atoms with Crippen LogP contribution in [0.25, 0.3) is 0 Å². The number of hydrogen-bond acceptors (Lipinski definition) is 4. The van der Waals surface area contributed by atoms with Crippen LogP contribution in [0.3, 0.4) is 0 Å². The zero-order valence-electron chi connectivity index (χ0n) is 9.81. The number of nitrogen functional groups attached to an aromatic ring is 1. The quantitative estimate of drug-likeness (QED) is 0.665. The van der Waals surface area contributed by atoms with E-state index in [4.69, 9.17) is 17.3 Å². The summed E-state index contributed by atoms with van der Waals surface area (Å²) in [6.45, 7) is 1.68. The second kappa shape index (κ2) is 4.46. The van der Waals surface area contributed by atoms with Gasteiger partial charge in [-0.25, -0.2) is 9.97 Å². The van der Waals surface area contributed by atoms with E-state index in [0.717, 1.165) is 30.0 Å². The minimum atomic E-state index is 0.285. The molecule has 1 aliphatic rings. The van der Waals surface area contributed by atoms with Crippen LogP contribution in [-0.4, -0.2) is 16.5 Å². The lowest BCUT2D eigenvalue weighted by Gasteiger charge is -2.20. The number of aromatic nitrogens is 2. The van der Waals surface area contributed by atoms with Gasteiger partial charge in [-0.15, -0.1) is 0 Å². The Hall–Kier alpha value is -1.81. The van der Waals surface area contributed by atoms with E-state index in [1.807, 2.05) is 18.2 Å². The molecule has 0 unspecified atom stereocenters. The summed E-state index contributed by atoms with van der Waals surface area (Å²) in [6.07, 6.45) is 2.70. The van der Waals surface area contributed by atoms with Crippen molar-refractivity contribution in [2.45, 2.75) is 13.0 Å². The first-order valence-corrected chi connectivity index (χ1v) is 6.21. The highest BCUT2D eigenvalue weighted by Gasteiger charge is 2.21. The molecular formula is C13H13ClN4. The molecule has 2 N–H and O–H groups in total. The standard InChI is InChI=1S/C13H13ClN4/c14-13-16-6-4-10(17-13)8-18-7-5-9-2-1-3-11(15)12(9)18/h1-4,6H,5,7-8,15H2. The number of nitrogens with zero attached hydrogens (tertiary/aromatic N) is 3. The van der Waals surface area contributed by atoms with Crippen molar-refractivity contribution in [3.05, 3.63) is 47.0 Å². The van der Waals surface area contributed by atoms with Crippen LogP contribution in [0.15, 0.2) is 30.5 Å². The van der Waals surface area contributed by atoms with E-state index in [2.05, 4.69) is 20.9 Å². The molecular weight excluding hydrogens is 248 g/mol. The van der Waals surface area contributed by atoms with E-state index in [-0.39, 0.29) is 5.28 Å². The van der Waals surface area contributed by atoms with Gasteiger partial charge in [0, 0.05) is 12.7 Å². The molecule has 1 aliphatic heterocycles. The molecule has 18 heavy (non-hydrogen) atoms. The minimum Gasteiger partial charge on any atom is -0.397 e. The predicted molar refractivity (Wildman–Crippen MR) is 72.7 cm³/mol. The summed E-state index contributed by atoms with van der Waals surface area (Å²) in [5.41, 5.74) is 10.2. The Labute approximate surface area is 110 Å². The van der Waals surface area contributed by atoms with Gasteiger partial charge >= 0.3 is 0 Å². The molecule has 5 heteroatoms. The average Bonchev–Trinajstić information content (AvgIpc) is 2.74. The molecule has 0 radical (unpaired) electrons. The largest absolute Gasteiger partial charge is 0.397 e. The van der Waals surface area contributed by atoms with E-state index in [0.29, 0.717) is 6.54 Å². The molecule has 3 rings (SSSR count). The van der Waals surface area contributed by atoms with Gasteiger partial charge in [0.05, 0.1) is 23.6 Å². The Morgan fingerprint density at radius 1 is 1.33 bits per heavy atom. The number of anilines is 2. The highest BCUT2D eigenvalue weighted by molar-refractivity contribution is 6.28. The van der Waals surface area contributed by atoms with Crippen LogP contribution in [0, 0.1) is 0 Å². The normalized spacial score (nSPS) is 13.7. The van der Waals surface area contributed by atoms with E-state index >= 15 is 0 Å². The summed E-state index contributed by atoms with van der Waals surface area (Å²) >= 11 is 5.80. The first-order chi connectivity index (χ1) is 8.74. The summed E-state index contributed by atoms with van der Waals surface area (Å²) in [5, 5.41) is 0.285. The van der Waals surface area contributed by atoms with Crippen LogP contribution in [0.2, 0.25) is 5.28 Å². The van der Waals surface area contributed by atoms with Gasteiger partial charge in [-0.3, -0.25) is 0 Å². The summed E-state index contributed by atoms with van der Waals surface area (Å²) < 4.78 is 0. The lowest BCUT2D eigenvalue weighted by atomic mass is 10.1. The van der Waals surface area contributed by atoms with Gasteiger partial charge in [0.2, 0.25) is 5.28 Å². The third-order valence-corrected chi connectivity index (χ3v) is 3.34. The van der Waals surface area contributed by atoms with E-state index < -0.39 is 0 Å². The summed E-state index contributed by atoms with van der Waals surface area (Å²) in [4.78, 5) is 10.3. The fourth-order valence-electron chi connectivity index (χ4n) is 2.38. The highest BCUT2D eigenvalue weighted by atomic mass is 35.5. The maximum atomic E-state index is 6.05. The first-order valence-electron chi connectivity index (χ1n) is 5.84. The molecule has 2 heterocycles. The van der Waals surface area contributed by atoms with Gasteiger partial charge in [-0.05, 0) is 35.7 Å². The van der Waals surface area contributed by atoms with E-state index in [1.165, 1.54) is 5.56 Å². The molecule has 2 aromatic rings. The second-order valence-corrected chi connectivity index (χ2v) is 4.68. The number of halogens is 1. The molecule has 4 nitrogen and oxygen atoms in total. The van der Waals surface area contributed by atoms with Gasteiger partial charge in [0.15, 0.2) is 0 Å². The molecule has 92 valence electrons. The van der Waals surface area contributed by atoms with Crippen molar-refractivity contribution in [1.29, 1.82) is 0 Å². The molecule has 0 atom stereocenters. The molecule has 0 bridgehead atoms. The SMILES string of the molecule is Nc1cccc2c1N(Cc1ccnc(Cl)n1)CC2. The molecule has 0 aliphatic carbocycles. The third kappa shape index (κ3) is 1.99. The number of para-hydroxylation sites is 1. The van der Waals surface area contributed by atoms with Crippen LogP contribution in [0.4, 0.5) is 11.4 Å². The van der Waals surface area contributed by atoms with Crippen molar-refractivity contribution < 1.29 is 0 Å². The molecule has 0 spiro atoms. The summed E-state index contributed by atoms with van der Waals surface area (Å²) in [5.74, 6) is 0. The Balaban J connectivity index is 1.89. The monoisotopic (exact) mass is 260 g/mol. The van der Waals surface area contributed by atoms with E-state index in [1.54, 1.807) is 6.20 Å². The van der Waals surface area contributed by atoms with Crippen molar-refractivity contribution in [1.82, 2.24) is 9.97 Å². The number of rotatable bonds is 2. The van der Waals surface area contributed by atoms with Gasteiger partial charge in [-0.2, -0.15) is 0 Å². The van der Waals surface area contributed by atoms with Gasteiger partial charge in [0.25, 0.3) is 0 Å². The summed E-state index contributed by atoms with van der Waals surface area (Å²) in [7, 11) is 0. The fourth-order valence-corrected chi connectivity index (χ4v) is 2.54. The molecule has 0 saturated carbocycles. The Morgan fingerprint density at radius 2 is 2.22 bits per heavy atom. The third-order valence-electron chi connectivity index (χ3n) is 3.15. The van der Waals surface area contributed by atoms with Crippen LogP contribution in [-0.2, 0) is 13.0 Å². The smallest absolute Gasteiger partial charge is 0.222 e. The Morgan fingerprint density at radius 3 is 3.06 bits per heavy atom. The second-order valence-electron chi connectivity index (χ2n) is 4.34. The molecule has 0 saturated heterocycles. The lowest BCUT2D eigenvalue weighted by molar-refractivity contribution is 0.810. The van der Waals surface area contributed by atoms with Crippen LogP contribution in [0.1, 0.15) is 11.3 Å².